The van der Waals surface area contributed by atoms with Gasteiger partial charge in [-0.3, -0.25) is 0 Å². The minimum atomic E-state index is -2.09. The number of rotatable bonds is 5. The molecule has 0 nitrogen and oxygen atoms in total. The zero-order valence-electron chi connectivity index (χ0n) is 18.3. The van der Waals surface area contributed by atoms with E-state index in [0.717, 1.165) is 0 Å². The molecule has 0 aliphatic heterocycles. The largest absolute Gasteiger partial charge is 0.124 e. The van der Waals surface area contributed by atoms with E-state index in [4.69, 9.17) is 0 Å². The van der Waals surface area contributed by atoms with Gasteiger partial charge in [-0.1, -0.05) is 147 Å². The van der Waals surface area contributed by atoms with Crippen molar-refractivity contribution in [3.05, 3.63) is 120 Å². The summed E-state index contributed by atoms with van der Waals surface area (Å²) in [6, 6.07) is 38.6. The predicted octanol–water partition coefficient (Wildman–Crippen LogP) is 4.19. The van der Waals surface area contributed by atoms with Crippen LogP contribution < -0.4 is 20.7 Å². The van der Waals surface area contributed by atoms with E-state index in [2.05, 4.69) is 130 Å². The monoisotopic (exact) mass is 421 g/mol. The van der Waals surface area contributed by atoms with Crippen LogP contribution in [0.2, 0.25) is 6.55 Å². The summed E-state index contributed by atoms with van der Waals surface area (Å²) >= 11 is 0. The number of aryl methyl sites for hydroxylation is 3. The van der Waals surface area contributed by atoms with Gasteiger partial charge in [-0.2, -0.15) is 0 Å². The van der Waals surface area contributed by atoms with Crippen molar-refractivity contribution in [3.8, 4) is 0 Å². The maximum absolute atomic E-state index is 2.59. The molecule has 0 amide bonds. The molecule has 0 unspecified atom stereocenters. The van der Waals surface area contributed by atoms with Crippen LogP contribution in [0, 0.1) is 20.8 Å². The fourth-order valence-electron chi connectivity index (χ4n) is 4.86. The minimum absolute atomic E-state index is 1.08. The first-order valence-electron chi connectivity index (χ1n) is 10.6. The van der Waals surface area contributed by atoms with Gasteiger partial charge < -0.3 is 0 Å². The smallest absolute Gasteiger partial charge is 0.0631 e. The summed E-state index contributed by atoms with van der Waals surface area (Å²) in [5.41, 5.74) is 4.23. The molecule has 4 aromatic rings. The highest BCUT2D eigenvalue weighted by Crippen LogP contribution is 2.16. The molecule has 2 heteroatoms. The molecular weight excluding hydrogens is 392 g/mol. The van der Waals surface area contributed by atoms with Crippen molar-refractivity contribution >= 4 is 36.7 Å². The molecule has 0 aliphatic carbocycles. The molecule has 0 saturated heterocycles. The zero-order valence-corrected chi connectivity index (χ0v) is 20.3. The van der Waals surface area contributed by atoms with Crippen molar-refractivity contribution in [3.63, 3.8) is 0 Å². The average Bonchev–Trinajstić information content (AvgIpc) is 2.77. The molecule has 4 aromatic carbocycles. The summed E-state index contributed by atoms with van der Waals surface area (Å²) in [5, 5.41) is 6.15. The summed E-state index contributed by atoms with van der Waals surface area (Å²) in [6.45, 7) is 9.43. The van der Waals surface area contributed by atoms with Crippen molar-refractivity contribution in [2.24, 2.45) is 0 Å². The molecule has 0 heterocycles. The van der Waals surface area contributed by atoms with Gasteiger partial charge >= 0.3 is 0 Å². The van der Waals surface area contributed by atoms with Crippen LogP contribution in [0.3, 0.4) is 0 Å². The lowest BCUT2D eigenvalue weighted by molar-refractivity contribution is 1.35. The third-order valence-corrected chi connectivity index (χ3v) is 18.7. The van der Waals surface area contributed by atoms with Gasteiger partial charge in [0.25, 0.3) is 0 Å². The molecule has 0 atom stereocenters. The summed E-state index contributed by atoms with van der Waals surface area (Å²) in [6.07, 6.45) is 0. The van der Waals surface area contributed by atoms with Gasteiger partial charge in [-0.25, -0.2) is 0 Å². The van der Waals surface area contributed by atoms with Gasteiger partial charge in [-0.05, 0) is 20.8 Å². The average molecular weight is 422 g/mol. The topological polar surface area (TPSA) is 0 Å². The molecule has 0 aromatic heterocycles. The minimum Gasteiger partial charge on any atom is -0.0631 e. The van der Waals surface area contributed by atoms with Crippen molar-refractivity contribution in [1.82, 2.24) is 0 Å². The van der Waals surface area contributed by atoms with E-state index in [0.29, 0.717) is 0 Å². The first-order chi connectivity index (χ1) is 14.5. The Morgan fingerprint density at radius 1 is 0.567 bits per heavy atom. The van der Waals surface area contributed by atoms with E-state index in [-0.39, 0.29) is 0 Å². The van der Waals surface area contributed by atoms with Crippen LogP contribution in [0.25, 0.3) is 0 Å². The second-order valence-electron chi connectivity index (χ2n) is 8.37. The molecule has 0 saturated carbocycles. The number of hydrogen-bond donors (Lipinski definition) is 0. The first-order valence-corrected chi connectivity index (χ1v) is 15.6. The van der Waals surface area contributed by atoms with Crippen molar-refractivity contribution < 1.29 is 0 Å². The molecule has 0 aliphatic rings. The summed E-state index contributed by atoms with van der Waals surface area (Å²) in [5.74, 6) is 0. The normalized spacial score (nSPS) is 11.6. The fraction of sp³-hybridized carbons (Fsp3) is 0.143. The van der Waals surface area contributed by atoms with Crippen LogP contribution in [-0.2, 0) is 0 Å². The van der Waals surface area contributed by atoms with Crippen LogP contribution >= 0.6 is 0 Å². The van der Waals surface area contributed by atoms with Crippen molar-refractivity contribution in [2.75, 3.05) is 0 Å². The predicted molar refractivity (Wildman–Crippen MR) is 136 cm³/mol. The van der Waals surface area contributed by atoms with Crippen LogP contribution in [0.4, 0.5) is 0 Å². The lowest BCUT2D eigenvalue weighted by atomic mass is 10.1. The standard InChI is InChI=1S/C28H29Si2/c1-22-20-23(2)28(24(3)21-22)29(25-14-8-5-9-15-25)30(4,26-16-10-6-11-17-26)27-18-12-7-13-19-27/h5-21H,1-4H3. The van der Waals surface area contributed by atoms with Crippen LogP contribution in [0.15, 0.2) is 103 Å². The first kappa shape index (κ1) is 20.6. The highest BCUT2D eigenvalue weighted by Gasteiger charge is 2.44. The molecule has 149 valence electrons. The lowest BCUT2D eigenvalue weighted by Crippen LogP contribution is -2.75. The van der Waals surface area contributed by atoms with Crippen LogP contribution in [0.5, 0.6) is 0 Å². The molecule has 0 bridgehead atoms. The Balaban J connectivity index is 2.08. The Hall–Kier alpha value is -2.69. The second-order valence-corrected chi connectivity index (χ2v) is 18.1. The van der Waals surface area contributed by atoms with E-state index in [1.807, 2.05) is 0 Å². The quantitative estimate of drug-likeness (QED) is 0.424. The Morgan fingerprint density at radius 2 is 0.967 bits per heavy atom. The summed E-state index contributed by atoms with van der Waals surface area (Å²) in [4.78, 5) is 0. The fourth-order valence-corrected chi connectivity index (χ4v) is 18.0. The second kappa shape index (κ2) is 8.59. The summed E-state index contributed by atoms with van der Waals surface area (Å²) in [7, 11) is -3.17. The third-order valence-electron chi connectivity index (χ3n) is 6.19. The molecule has 0 N–H and O–H groups in total. The van der Waals surface area contributed by atoms with Gasteiger partial charge in [0.15, 0.2) is 0 Å². The van der Waals surface area contributed by atoms with E-state index in [1.165, 1.54) is 32.3 Å². The Bertz CT molecular complexity index is 1060. The molecule has 0 fully saturated rings. The summed E-state index contributed by atoms with van der Waals surface area (Å²) < 4.78 is 0. The van der Waals surface area contributed by atoms with E-state index in [1.54, 1.807) is 5.19 Å². The maximum atomic E-state index is 2.59. The van der Waals surface area contributed by atoms with Gasteiger partial charge in [-0.15, -0.1) is 0 Å². The molecule has 0 spiro atoms. The lowest BCUT2D eigenvalue weighted by Gasteiger charge is -2.38. The Kier molecular flexibility index (Phi) is 5.89. The van der Waals surface area contributed by atoms with Crippen molar-refractivity contribution in [1.29, 1.82) is 0 Å². The van der Waals surface area contributed by atoms with E-state index < -0.39 is 15.9 Å². The van der Waals surface area contributed by atoms with Gasteiger partial charge in [0.2, 0.25) is 0 Å². The highest BCUT2D eigenvalue weighted by molar-refractivity contribution is 7.51. The van der Waals surface area contributed by atoms with E-state index >= 15 is 0 Å². The molecule has 1 radical (unpaired) electrons. The third kappa shape index (κ3) is 3.73. The molecule has 4 rings (SSSR count). The van der Waals surface area contributed by atoms with Gasteiger partial charge in [0.1, 0.15) is 15.9 Å². The number of benzene rings is 4. The van der Waals surface area contributed by atoms with Gasteiger partial charge in [0.05, 0.1) is 0 Å². The SMILES string of the molecule is Cc1cc(C)c([Si](c2ccccc2)[Si](C)(c2ccccc2)c2ccccc2)c(C)c1. The van der Waals surface area contributed by atoms with Crippen LogP contribution in [-0.4, -0.2) is 15.9 Å². The maximum Gasteiger partial charge on any atom is 0.124 e. The Morgan fingerprint density at radius 3 is 1.40 bits per heavy atom. The Labute approximate surface area is 183 Å². The molecule has 30 heavy (non-hydrogen) atoms. The molecular formula is C28H29Si2. The van der Waals surface area contributed by atoms with E-state index in [9.17, 15) is 0 Å². The highest BCUT2D eigenvalue weighted by atomic mass is 29.2. The van der Waals surface area contributed by atoms with Crippen molar-refractivity contribution in [2.45, 2.75) is 27.3 Å². The number of hydrogen-bond acceptors (Lipinski definition) is 0. The van der Waals surface area contributed by atoms with Crippen LogP contribution in [0.1, 0.15) is 16.7 Å². The zero-order chi connectivity index (χ0) is 21.1. The van der Waals surface area contributed by atoms with Gasteiger partial charge in [0, 0.05) is 0 Å².